The van der Waals surface area contributed by atoms with E-state index in [-0.39, 0.29) is 22.2 Å². The summed E-state index contributed by atoms with van der Waals surface area (Å²) in [6, 6.07) is 3.59. The van der Waals surface area contributed by atoms with E-state index in [1.165, 1.54) is 44.6 Å². The molecule has 0 aliphatic rings. The number of ether oxygens (including phenoxy) is 2. The van der Waals surface area contributed by atoms with Crippen molar-refractivity contribution in [1.29, 1.82) is 0 Å². The first-order chi connectivity index (χ1) is 20.5. The Morgan fingerprint density at radius 2 is 1.75 bits per heavy atom. The minimum atomic E-state index is -5.21. The molecule has 10 nitrogen and oxygen atoms in total. The van der Waals surface area contributed by atoms with Gasteiger partial charge in [-0.25, -0.2) is 23.8 Å². The maximum Gasteiger partial charge on any atom is 0.425 e. The van der Waals surface area contributed by atoms with Crippen molar-refractivity contribution in [3.8, 4) is 17.1 Å². The summed E-state index contributed by atoms with van der Waals surface area (Å²) in [4.78, 5) is 32.9. The Bertz CT molecular complexity index is 1740. The summed E-state index contributed by atoms with van der Waals surface area (Å²) in [5.41, 5.74) is -5.20. The van der Waals surface area contributed by atoms with Crippen LogP contribution >= 0.6 is 0 Å². The monoisotopic (exact) mass is 631 g/mol. The number of H-pyrrole nitrogens is 1. The third kappa shape index (κ3) is 7.57. The summed E-state index contributed by atoms with van der Waals surface area (Å²) in [6.45, 7) is -2.11. The lowest BCUT2D eigenvalue weighted by Crippen LogP contribution is -2.33. The molecule has 1 aromatic carbocycles. The largest absolute Gasteiger partial charge is 0.485 e. The van der Waals surface area contributed by atoms with Gasteiger partial charge in [-0.05, 0) is 37.4 Å². The Morgan fingerprint density at radius 3 is 2.36 bits per heavy atom. The van der Waals surface area contributed by atoms with Gasteiger partial charge < -0.3 is 19.1 Å². The first-order valence-corrected chi connectivity index (χ1v) is 12.8. The lowest BCUT2D eigenvalue weighted by molar-refractivity contribution is -0.151. The van der Waals surface area contributed by atoms with Crippen molar-refractivity contribution in [3.05, 3.63) is 80.6 Å². The zero-order valence-electron chi connectivity index (χ0n) is 22.9. The molecule has 0 radical (unpaired) electrons. The number of aromatic amines is 1. The van der Waals surface area contributed by atoms with Crippen LogP contribution in [0.25, 0.3) is 22.2 Å². The van der Waals surface area contributed by atoms with Crippen molar-refractivity contribution in [2.45, 2.75) is 57.5 Å². The molecular weight excluding hydrogens is 607 g/mol. The van der Waals surface area contributed by atoms with Gasteiger partial charge in [0.2, 0.25) is 0 Å². The van der Waals surface area contributed by atoms with Gasteiger partial charge in [0, 0.05) is 30.6 Å². The number of nitrogens with zero attached hydrogens (tertiary/aromatic N) is 4. The molecule has 2 atom stereocenters. The van der Waals surface area contributed by atoms with Crippen LogP contribution in [0.2, 0.25) is 0 Å². The van der Waals surface area contributed by atoms with Crippen LogP contribution in [0.3, 0.4) is 0 Å². The van der Waals surface area contributed by atoms with Crippen LogP contribution in [0.4, 0.5) is 30.7 Å². The minimum Gasteiger partial charge on any atom is -0.485 e. The molecule has 0 saturated heterocycles. The van der Waals surface area contributed by atoms with Gasteiger partial charge in [-0.3, -0.25) is 9.59 Å². The molecule has 3 aromatic heterocycles. The number of benzene rings is 1. The van der Waals surface area contributed by atoms with E-state index in [1.54, 1.807) is 5.10 Å². The molecule has 4 rings (SSSR count). The van der Waals surface area contributed by atoms with Gasteiger partial charge in [0.05, 0.1) is 35.9 Å². The van der Waals surface area contributed by atoms with Crippen molar-refractivity contribution in [1.82, 2.24) is 24.7 Å². The van der Waals surface area contributed by atoms with E-state index >= 15 is 8.78 Å². The summed E-state index contributed by atoms with van der Waals surface area (Å²) in [7, 11) is 0. The molecular formula is C27H24F7N5O5. The topological polar surface area (TPSA) is 132 Å². The van der Waals surface area contributed by atoms with Gasteiger partial charge in [0.15, 0.2) is 17.1 Å². The molecule has 236 valence electrons. The van der Waals surface area contributed by atoms with Gasteiger partial charge >= 0.3 is 12.8 Å². The van der Waals surface area contributed by atoms with Gasteiger partial charge in [0.1, 0.15) is 18.1 Å². The van der Waals surface area contributed by atoms with E-state index in [4.69, 9.17) is 4.74 Å². The maximum atomic E-state index is 15.1. The van der Waals surface area contributed by atoms with Crippen LogP contribution in [0.5, 0.6) is 5.75 Å². The van der Waals surface area contributed by atoms with Gasteiger partial charge in [-0.1, -0.05) is 0 Å². The lowest BCUT2D eigenvalue weighted by Gasteiger charge is -2.22. The molecule has 0 saturated carbocycles. The second-order valence-electron chi connectivity index (χ2n) is 10.1. The molecule has 0 amide bonds. The van der Waals surface area contributed by atoms with Crippen LogP contribution in [-0.2, 0) is 23.1 Å². The smallest absolute Gasteiger partial charge is 0.425 e. The number of fused-ring (bicyclic) bond motifs is 1. The van der Waals surface area contributed by atoms with Crippen LogP contribution in [0.15, 0.2) is 52.6 Å². The summed E-state index contributed by atoms with van der Waals surface area (Å²) in [5, 5.41) is 14.9. The van der Waals surface area contributed by atoms with Crippen molar-refractivity contribution < 1.29 is 45.3 Å². The summed E-state index contributed by atoms with van der Waals surface area (Å²) >= 11 is 0. The Hall–Kier alpha value is -4.38. The normalized spacial score (nSPS) is 13.8. The van der Waals surface area contributed by atoms with Crippen LogP contribution < -0.4 is 15.9 Å². The molecule has 0 aliphatic heterocycles. The number of aliphatic hydroxyl groups is 1. The average molecular weight is 632 g/mol. The maximum absolute atomic E-state index is 15.1. The molecule has 44 heavy (non-hydrogen) atoms. The SMILES string of the molecule is CC(C)(O)c1cnc(-c2cc3ccn(C[C@@H](F)C[C@@H](COC(F)F)Oc4cn[nH]c(=O)c4C(F)(F)F)c(=O)c3cc2F)nc1. The summed E-state index contributed by atoms with van der Waals surface area (Å²) in [6.07, 6.45) is -5.56. The van der Waals surface area contributed by atoms with Gasteiger partial charge in [0.25, 0.3) is 11.1 Å². The highest BCUT2D eigenvalue weighted by Gasteiger charge is 2.39. The van der Waals surface area contributed by atoms with Crippen molar-refractivity contribution in [2.75, 3.05) is 6.61 Å². The Balaban J connectivity index is 1.57. The fourth-order valence-corrected chi connectivity index (χ4v) is 4.23. The van der Waals surface area contributed by atoms with Gasteiger partial charge in [-0.2, -0.15) is 27.1 Å². The predicted octanol–water partition coefficient (Wildman–Crippen LogP) is 4.34. The number of aromatic nitrogens is 5. The number of rotatable bonds is 11. The van der Waals surface area contributed by atoms with E-state index in [9.17, 15) is 36.6 Å². The minimum absolute atomic E-state index is 0.0215. The van der Waals surface area contributed by atoms with Crippen LogP contribution in [-0.4, -0.2) is 55.3 Å². The molecule has 2 N–H and O–H groups in total. The van der Waals surface area contributed by atoms with Crippen LogP contribution in [0, 0.1) is 5.82 Å². The molecule has 17 heteroatoms. The quantitative estimate of drug-likeness (QED) is 0.234. The number of halogens is 7. The highest BCUT2D eigenvalue weighted by Crippen LogP contribution is 2.33. The fraction of sp³-hybridized carbons (Fsp3) is 0.370. The van der Waals surface area contributed by atoms with E-state index in [2.05, 4.69) is 19.8 Å². The second kappa shape index (κ2) is 12.7. The van der Waals surface area contributed by atoms with Crippen molar-refractivity contribution in [3.63, 3.8) is 0 Å². The fourth-order valence-electron chi connectivity index (χ4n) is 4.23. The molecule has 3 heterocycles. The molecule has 0 bridgehead atoms. The Labute approximate surface area is 243 Å². The van der Waals surface area contributed by atoms with E-state index < -0.39 is 78.5 Å². The van der Waals surface area contributed by atoms with Gasteiger partial charge in [-0.15, -0.1) is 0 Å². The summed E-state index contributed by atoms with van der Waals surface area (Å²) in [5.74, 6) is -2.03. The lowest BCUT2D eigenvalue weighted by atomic mass is 10.0. The van der Waals surface area contributed by atoms with E-state index in [1.807, 2.05) is 0 Å². The average Bonchev–Trinajstić information content (AvgIpc) is 2.92. The number of nitrogens with one attached hydrogen (secondary N) is 1. The van der Waals surface area contributed by atoms with Crippen molar-refractivity contribution >= 4 is 10.8 Å². The first-order valence-electron chi connectivity index (χ1n) is 12.8. The summed E-state index contributed by atoms with van der Waals surface area (Å²) < 4.78 is 106. The highest BCUT2D eigenvalue weighted by atomic mass is 19.4. The molecule has 0 unspecified atom stereocenters. The Kier molecular flexibility index (Phi) is 9.39. The third-order valence-electron chi connectivity index (χ3n) is 6.38. The molecule has 0 aliphatic carbocycles. The zero-order valence-corrected chi connectivity index (χ0v) is 22.9. The van der Waals surface area contributed by atoms with E-state index in [0.717, 1.165) is 10.6 Å². The number of hydrogen-bond donors (Lipinski definition) is 2. The zero-order chi connectivity index (χ0) is 32.4. The Morgan fingerprint density at radius 1 is 1.07 bits per heavy atom. The standard InChI is InChI=1S/C27H24F7N5O5/c1-26(2,42)14-8-35-22(36-9-14)18-5-13-3-4-39(24(41)17(13)7-19(18)29)11-15(28)6-16(12-43-25(30)31)44-20-10-37-38-23(40)21(20)27(32,33)34/h3-5,7-10,15-16,25,42H,6,11-12H2,1-2H3,(H,38,40)/t15-,16-/m0/s1. The highest BCUT2D eigenvalue weighted by molar-refractivity contribution is 5.86. The molecule has 0 spiro atoms. The second-order valence-corrected chi connectivity index (χ2v) is 10.1. The van der Waals surface area contributed by atoms with E-state index in [0.29, 0.717) is 11.8 Å². The number of hydrogen-bond acceptors (Lipinski definition) is 8. The third-order valence-corrected chi connectivity index (χ3v) is 6.38. The number of pyridine rings is 1. The number of alkyl halides is 6. The predicted molar refractivity (Wildman–Crippen MR) is 140 cm³/mol. The first kappa shape index (κ1) is 32.5. The van der Waals surface area contributed by atoms with Crippen LogP contribution in [0.1, 0.15) is 31.4 Å². The van der Waals surface area contributed by atoms with Crippen molar-refractivity contribution in [2.24, 2.45) is 0 Å². The molecule has 4 aromatic rings. The molecule has 0 fully saturated rings.